The molecule has 0 saturated heterocycles. The first-order valence-electron chi connectivity index (χ1n) is 7.74. The van der Waals surface area contributed by atoms with E-state index < -0.39 is 0 Å². The van der Waals surface area contributed by atoms with Gasteiger partial charge in [-0.05, 0) is 25.8 Å². The predicted octanol–water partition coefficient (Wildman–Crippen LogP) is 3.78. The summed E-state index contributed by atoms with van der Waals surface area (Å²) in [5.74, 6) is 0.685. The van der Waals surface area contributed by atoms with Crippen LogP contribution in [0.3, 0.4) is 0 Å². The van der Waals surface area contributed by atoms with E-state index in [9.17, 15) is 0 Å². The van der Waals surface area contributed by atoms with Crippen molar-refractivity contribution in [3.8, 4) is 0 Å². The molecule has 1 aliphatic carbocycles. The Morgan fingerprint density at radius 1 is 1.35 bits per heavy atom. The van der Waals surface area contributed by atoms with E-state index in [1.54, 1.807) is 0 Å². The molecule has 1 aromatic rings. The Kier molecular flexibility index (Phi) is 4.75. The summed E-state index contributed by atoms with van der Waals surface area (Å²) in [5, 5.41) is 4.52. The molecular weight excluding hydrogens is 266 g/mol. The predicted molar refractivity (Wildman–Crippen MR) is 88.8 cm³/mol. The van der Waals surface area contributed by atoms with Crippen molar-refractivity contribution in [2.45, 2.75) is 65.5 Å². The number of nitrogens with zero attached hydrogens (tertiary/aromatic N) is 2. The summed E-state index contributed by atoms with van der Waals surface area (Å²) < 4.78 is 0. The highest BCUT2D eigenvalue weighted by molar-refractivity contribution is 7.15. The third-order valence-electron chi connectivity index (χ3n) is 3.53. The third kappa shape index (κ3) is 3.73. The quantitative estimate of drug-likeness (QED) is 0.865. The molecule has 1 aromatic heterocycles. The highest BCUT2D eigenvalue weighted by atomic mass is 32.1. The lowest BCUT2D eigenvalue weighted by Crippen LogP contribution is -2.29. The van der Waals surface area contributed by atoms with Gasteiger partial charge in [-0.25, -0.2) is 4.98 Å². The van der Waals surface area contributed by atoms with Gasteiger partial charge >= 0.3 is 0 Å². The van der Waals surface area contributed by atoms with Crippen molar-refractivity contribution in [1.29, 1.82) is 0 Å². The fraction of sp³-hybridized carbons (Fsp3) is 0.812. The van der Waals surface area contributed by atoms with Gasteiger partial charge in [-0.3, -0.25) is 0 Å². The van der Waals surface area contributed by atoms with Crippen molar-refractivity contribution in [2.24, 2.45) is 5.92 Å². The second-order valence-corrected chi connectivity index (χ2v) is 8.39. The molecule has 0 amide bonds. The van der Waals surface area contributed by atoms with Crippen LogP contribution in [0.25, 0.3) is 0 Å². The summed E-state index contributed by atoms with van der Waals surface area (Å²) >= 11 is 1.88. The van der Waals surface area contributed by atoms with Crippen LogP contribution < -0.4 is 10.2 Å². The molecule has 1 saturated carbocycles. The molecule has 1 N–H and O–H groups in total. The Bertz CT molecular complexity index is 441. The summed E-state index contributed by atoms with van der Waals surface area (Å²) in [6.07, 6.45) is 2.66. The first-order chi connectivity index (χ1) is 9.32. The molecular formula is C16H29N3S. The molecule has 0 spiro atoms. The van der Waals surface area contributed by atoms with Gasteiger partial charge in [-0.15, -0.1) is 11.3 Å². The fourth-order valence-corrected chi connectivity index (χ4v) is 3.85. The van der Waals surface area contributed by atoms with Gasteiger partial charge in [0.1, 0.15) is 0 Å². The van der Waals surface area contributed by atoms with Gasteiger partial charge in [0.2, 0.25) is 0 Å². The smallest absolute Gasteiger partial charge is 0.186 e. The van der Waals surface area contributed by atoms with Crippen LogP contribution in [0.5, 0.6) is 0 Å². The van der Waals surface area contributed by atoms with E-state index in [4.69, 9.17) is 4.98 Å². The first-order valence-corrected chi connectivity index (χ1v) is 8.56. The maximum Gasteiger partial charge on any atom is 0.186 e. The number of hydrogen-bond donors (Lipinski definition) is 1. The number of aromatic nitrogens is 1. The van der Waals surface area contributed by atoms with Crippen molar-refractivity contribution in [2.75, 3.05) is 18.5 Å². The van der Waals surface area contributed by atoms with E-state index in [-0.39, 0.29) is 5.41 Å². The summed E-state index contributed by atoms with van der Waals surface area (Å²) in [6, 6.07) is 0.735. The van der Waals surface area contributed by atoms with Crippen LogP contribution in [-0.2, 0) is 12.0 Å². The van der Waals surface area contributed by atoms with Crippen LogP contribution in [0.2, 0.25) is 0 Å². The summed E-state index contributed by atoms with van der Waals surface area (Å²) in [7, 11) is 2.01. The Balaban J connectivity index is 2.30. The average Bonchev–Trinajstić information content (AvgIpc) is 3.06. The Hall–Kier alpha value is -0.610. The van der Waals surface area contributed by atoms with Gasteiger partial charge < -0.3 is 10.2 Å². The third-order valence-corrected chi connectivity index (χ3v) is 4.62. The second kappa shape index (κ2) is 6.02. The van der Waals surface area contributed by atoms with Gasteiger partial charge in [0, 0.05) is 29.4 Å². The van der Waals surface area contributed by atoms with Gasteiger partial charge in [0.15, 0.2) is 5.13 Å². The average molecular weight is 295 g/mol. The van der Waals surface area contributed by atoms with Crippen LogP contribution in [0.15, 0.2) is 0 Å². The van der Waals surface area contributed by atoms with Crippen molar-refractivity contribution < 1.29 is 0 Å². The monoisotopic (exact) mass is 295 g/mol. The highest BCUT2D eigenvalue weighted by Crippen LogP contribution is 2.38. The highest BCUT2D eigenvalue weighted by Gasteiger charge is 2.33. The van der Waals surface area contributed by atoms with E-state index in [1.807, 2.05) is 18.4 Å². The van der Waals surface area contributed by atoms with Crippen molar-refractivity contribution in [3.63, 3.8) is 0 Å². The van der Waals surface area contributed by atoms with Crippen molar-refractivity contribution >= 4 is 16.5 Å². The maximum atomic E-state index is 5.02. The molecule has 0 aliphatic heterocycles. The zero-order chi connectivity index (χ0) is 14.9. The molecule has 0 unspecified atom stereocenters. The van der Waals surface area contributed by atoms with Gasteiger partial charge in [0.25, 0.3) is 0 Å². The number of anilines is 1. The number of thiazole rings is 1. The molecule has 2 rings (SSSR count). The number of nitrogens with one attached hydrogen (secondary N) is 1. The fourth-order valence-electron chi connectivity index (χ4n) is 2.49. The van der Waals surface area contributed by atoms with Crippen molar-refractivity contribution in [3.05, 3.63) is 10.6 Å². The molecule has 1 heterocycles. The zero-order valence-electron chi connectivity index (χ0n) is 13.8. The van der Waals surface area contributed by atoms with E-state index >= 15 is 0 Å². The molecule has 0 radical (unpaired) electrons. The minimum absolute atomic E-state index is 0.119. The normalized spacial score (nSPS) is 15.9. The Morgan fingerprint density at radius 2 is 2.00 bits per heavy atom. The van der Waals surface area contributed by atoms with E-state index in [0.717, 1.165) is 19.1 Å². The van der Waals surface area contributed by atoms with Crippen LogP contribution in [-0.4, -0.2) is 24.6 Å². The first kappa shape index (κ1) is 15.8. The molecule has 0 aromatic carbocycles. The minimum Gasteiger partial charge on any atom is -0.345 e. The number of rotatable bonds is 6. The van der Waals surface area contributed by atoms with Crippen LogP contribution in [0.4, 0.5) is 5.13 Å². The summed E-state index contributed by atoms with van der Waals surface area (Å²) in [4.78, 5) is 8.96. The topological polar surface area (TPSA) is 28.2 Å². The summed E-state index contributed by atoms with van der Waals surface area (Å²) in [5.41, 5.74) is 1.38. The zero-order valence-corrected chi connectivity index (χ0v) is 14.6. The van der Waals surface area contributed by atoms with Crippen LogP contribution >= 0.6 is 11.3 Å². The molecule has 1 aliphatic rings. The lowest BCUT2D eigenvalue weighted by molar-refractivity contribution is 0.559. The Morgan fingerprint density at radius 3 is 2.45 bits per heavy atom. The molecule has 114 valence electrons. The minimum atomic E-state index is 0.119. The molecule has 20 heavy (non-hydrogen) atoms. The second-order valence-electron chi connectivity index (χ2n) is 7.33. The molecule has 0 atom stereocenters. The lowest BCUT2D eigenvalue weighted by atomic mass is 9.91. The largest absolute Gasteiger partial charge is 0.345 e. The molecule has 4 heteroatoms. The van der Waals surface area contributed by atoms with E-state index in [1.165, 1.54) is 28.5 Å². The van der Waals surface area contributed by atoms with E-state index in [2.05, 4.69) is 44.8 Å². The lowest BCUT2D eigenvalue weighted by Gasteiger charge is -2.24. The van der Waals surface area contributed by atoms with Gasteiger partial charge in [-0.2, -0.15) is 0 Å². The van der Waals surface area contributed by atoms with E-state index in [0.29, 0.717) is 5.92 Å². The standard InChI is InChI=1S/C16H29N3S/c1-11(2)10-19(12-7-8-12)15-18-14(16(3,4)5)13(20-15)9-17-6/h11-12,17H,7-10H2,1-6H3. The van der Waals surface area contributed by atoms with Gasteiger partial charge in [-0.1, -0.05) is 34.6 Å². The van der Waals surface area contributed by atoms with Crippen LogP contribution in [0.1, 0.15) is 58.0 Å². The van der Waals surface area contributed by atoms with Crippen LogP contribution in [0, 0.1) is 5.92 Å². The molecule has 3 nitrogen and oxygen atoms in total. The molecule has 1 fully saturated rings. The number of hydrogen-bond acceptors (Lipinski definition) is 4. The summed E-state index contributed by atoms with van der Waals surface area (Å²) in [6.45, 7) is 13.4. The molecule has 0 bridgehead atoms. The Labute approximate surface area is 127 Å². The SMILES string of the molecule is CNCc1sc(N(CC(C)C)C2CC2)nc1C(C)(C)C. The van der Waals surface area contributed by atoms with Crippen molar-refractivity contribution in [1.82, 2.24) is 10.3 Å². The maximum absolute atomic E-state index is 5.02. The van der Waals surface area contributed by atoms with Gasteiger partial charge in [0.05, 0.1) is 5.69 Å².